The molecule has 4 aromatic heterocycles. The number of hydrogen-bond donors (Lipinski definition) is 1. The average Bonchev–Trinajstić information content (AvgIpc) is 3.52. The zero-order valence-electron chi connectivity index (χ0n) is 24.0. The number of para-hydroxylation sites is 1. The maximum Gasteiger partial charge on any atom is 0.416 e. The molecule has 0 aliphatic heterocycles. The molecule has 1 aromatic carbocycles. The topological polar surface area (TPSA) is 132 Å². The number of rotatable bonds is 4. The molecule has 0 radical (unpaired) electrons. The highest BCUT2D eigenvalue weighted by molar-refractivity contribution is 6.00. The molecule has 6 rings (SSSR count). The lowest BCUT2D eigenvalue weighted by Crippen LogP contribution is -2.47. The third-order valence-electron chi connectivity index (χ3n) is 7.47. The molecule has 1 amide bonds. The van der Waals surface area contributed by atoms with E-state index < -0.39 is 29.6 Å². The van der Waals surface area contributed by atoms with Gasteiger partial charge in [-0.05, 0) is 64.7 Å². The van der Waals surface area contributed by atoms with Crippen LogP contribution in [0.1, 0.15) is 55.7 Å². The highest BCUT2D eigenvalue weighted by Crippen LogP contribution is 2.37. The largest absolute Gasteiger partial charge is 0.464 e. The second-order valence-electron chi connectivity index (χ2n) is 11.5. The van der Waals surface area contributed by atoms with Crippen LogP contribution in [0.2, 0.25) is 0 Å². The second kappa shape index (κ2) is 10.3. The molecule has 5 aromatic rings. The van der Waals surface area contributed by atoms with E-state index >= 15 is 0 Å². The number of ether oxygens (including phenoxy) is 1. The molecule has 0 saturated carbocycles. The summed E-state index contributed by atoms with van der Waals surface area (Å²) in [5.74, 6) is -0.586. The number of ketones is 1. The molecule has 0 fully saturated rings. The van der Waals surface area contributed by atoms with Crippen LogP contribution in [0.15, 0.2) is 55.0 Å². The lowest BCUT2D eigenvalue weighted by molar-refractivity contribution is 0.0560. The van der Waals surface area contributed by atoms with E-state index in [0.29, 0.717) is 36.0 Å². The van der Waals surface area contributed by atoms with Crippen molar-refractivity contribution in [2.45, 2.75) is 58.6 Å². The van der Waals surface area contributed by atoms with Gasteiger partial charge in [0.15, 0.2) is 11.4 Å². The fourth-order valence-corrected chi connectivity index (χ4v) is 5.74. The summed E-state index contributed by atoms with van der Waals surface area (Å²) in [5, 5.41) is 15.2. The van der Waals surface area contributed by atoms with Crippen molar-refractivity contribution in [1.29, 1.82) is 0 Å². The summed E-state index contributed by atoms with van der Waals surface area (Å²) in [6, 6.07) is 9.66. The van der Waals surface area contributed by atoms with Gasteiger partial charge >= 0.3 is 12.2 Å². The molecule has 43 heavy (non-hydrogen) atoms. The van der Waals surface area contributed by atoms with Crippen LogP contribution in [0.3, 0.4) is 0 Å². The maximum atomic E-state index is 14.2. The summed E-state index contributed by atoms with van der Waals surface area (Å²) in [6.07, 6.45) is 3.30. The number of amides is 1. The number of carboxylic acid groups (broad SMARTS) is 1. The van der Waals surface area contributed by atoms with Crippen molar-refractivity contribution in [1.82, 2.24) is 24.1 Å². The number of fused-ring (bicyclic) bond motifs is 4. The van der Waals surface area contributed by atoms with Crippen LogP contribution in [0.5, 0.6) is 0 Å². The van der Waals surface area contributed by atoms with E-state index in [0.717, 1.165) is 17.1 Å². The van der Waals surface area contributed by atoms with Gasteiger partial charge in [-0.3, -0.25) is 14.7 Å². The predicted molar refractivity (Wildman–Crippen MR) is 156 cm³/mol. The molecule has 1 atom stereocenters. The Labute approximate surface area is 245 Å². The molecule has 0 unspecified atom stereocenters. The van der Waals surface area contributed by atoms with Gasteiger partial charge in [0.05, 0.1) is 29.2 Å². The fourth-order valence-electron chi connectivity index (χ4n) is 5.74. The minimum Gasteiger partial charge on any atom is -0.464 e. The Morgan fingerprint density at radius 1 is 1.12 bits per heavy atom. The zero-order chi connectivity index (χ0) is 30.6. The standard InChI is InChI=1S/C31H29FN6O5/c1-17(39)23-16-34-38-27(13-24(35-28(23)38)18-11-19(32)15-33-14-18)36(30(42)43-31(2,3)4)20-9-10-26-22(12-20)21-7-5-6-8-25(21)37(26)29(40)41/h5-8,11,13-16,20H,9-10,12H2,1-4H3,(H,40,41)/t20-/m1/s1. The summed E-state index contributed by atoms with van der Waals surface area (Å²) in [5.41, 5.74) is 2.29. The first-order chi connectivity index (χ1) is 20.4. The molecule has 0 spiro atoms. The Kier molecular flexibility index (Phi) is 6.71. The Morgan fingerprint density at radius 3 is 2.58 bits per heavy atom. The first kappa shape index (κ1) is 28.0. The number of nitrogens with zero attached hydrogens (tertiary/aromatic N) is 6. The van der Waals surface area contributed by atoms with Crippen LogP contribution in [0.25, 0.3) is 27.8 Å². The zero-order valence-corrected chi connectivity index (χ0v) is 24.0. The van der Waals surface area contributed by atoms with Gasteiger partial charge in [-0.15, -0.1) is 0 Å². The summed E-state index contributed by atoms with van der Waals surface area (Å²) in [6.45, 7) is 6.67. The quantitative estimate of drug-likeness (QED) is 0.258. The Bertz CT molecular complexity index is 1940. The van der Waals surface area contributed by atoms with E-state index in [1.165, 1.54) is 39.4 Å². The van der Waals surface area contributed by atoms with Gasteiger partial charge in [-0.2, -0.15) is 9.61 Å². The van der Waals surface area contributed by atoms with Crippen LogP contribution < -0.4 is 4.90 Å². The molecular weight excluding hydrogens is 555 g/mol. The van der Waals surface area contributed by atoms with E-state index in [1.54, 1.807) is 39.0 Å². The molecule has 1 N–H and O–H groups in total. The van der Waals surface area contributed by atoms with Gasteiger partial charge < -0.3 is 9.84 Å². The van der Waals surface area contributed by atoms with Crippen molar-refractivity contribution in [2.24, 2.45) is 0 Å². The molecule has 1 aliphatic rings. The third kappa shape index (κ3) is 4.98. The van der Waals surface area contributed by atoms with Gasteiger partial charge in [0, 0.05) is 34.9 Å². The Hall–Kier alpha value is -5.13. The third-order valence-corrected chi connectivity index (χ3v) is 7.47. The van der Waals surface area contributed by atoms with Crippen LogP contribution >= 0.6 is 0 Å². The fraction of sp³-hybridized carbons (Fsp3) is 0.290. The second-order valence-corrected chi connectivity index (χ2v) is 11.5. The van der Waals surface area contributed by atoms with E-state index in [9.17, 15) is 23.9 Å². The number of carbonyl (C=O) groups excluding carboxylic acids is 2. The van der Waals surface area contributed by atoms with Crippen molar-refractivity contribution in [3.8, 4) is 11.3 Å². The Morgan fingerprint density at radius 2 is 1.88 bits per heavy atom. The monoisotopic (exact) mass is 584 g/mol. The molecule has 1 aliphatic carbocycles. The summed E-state index contributed by atoms with van der Waals surface area (Å²) >= 11 is 0. The highest BCUT2D eigenvalue weighted by Gasteiger charge is 2.37. The number of halogens is 1. The Balaban J connectivity index is 1.56. The average molecular weight is 585 g/mol. The van der Waals surface area contributed by atoms with Crippen molar-refractivity contribution < 1.29 is 28.6 Å². The molecule has 0 saturated heterocycles. The van der Waals surface area contributed by atoms with E-state index in [-0.39, 0.29) is 28.5 Å². The SMILES string of the molecule is CC(=O)c1cnn2c(N(C(=O)OC(C)(C)C)[C@@H]3CCc4c(c5ccccc5n4C(=O)O)C3)cc(-c3cncc(F)c3)nc12. The van der Waals surface area contributed by atoms with Gasteiger partial charge in [0.1, 0.15) is 17.2 Å². The van der Waals surface area contributed by atoms with Crippen LogP contribution in [-0.4, -0.2) is 58.9 Å². The number of anilines is 1. The molecule has 4 heterocycles. The predicted octanol–water partition coefficient (Wildman–Crippen LogP) is 5.91. The van der Waals surface area contributed by atoms with Gasteiger partial charge in [0.25, 0.3) is 0 Å². The first-order valence-corrected chi connectivity index (χ1v) is 13.8. The molecule has 220 valence electrons. The minimum absolute atomic E-state index is 0.191. The van der Waals surface area contributed by atoms with E-state index in [1.807, 2.05) is 12.1 Å². The number of hydrogen-bond acceptors (Lipinski definition) is 7. The first-order valence-electron chi connectivity index (χ1n) is 13.8. The number of aromatic nitrogens is 5. The van der Waals surface area contributed by atoms with E-state index in [4.69, 9.17) is 4.74 Å². The van der Waals surface area contributed by atoms with Gasteiger partial charge in [-0.1, -0.05) is 18.2 Å². The highest BCUT2D eigenvalue weighted by atomic mass is 19.1. The van der Waals surface area contributed by atoms with Crippen molar-refractivity contribution in [2.75, 3.05) is 4.90 Å². The van der Waals surface area contributed by atoms with Crippen LogP contribution in [0.4, 0.5) is 19.8 Å². The minimum atomic E-state index is -1.07. The van der Waals surface area contributed by atoms with Crippen molar-refractivity contribution in [3.63, 3.8) is 0 Å². The van der Waals surface area contributed by atoms with Crippen LogP contribution in [-0.2, 0) is 17.6 Å². The smallest absolute Gasteiger partial charge is 0.416 e. The maximum absolute atomic E-state index is 14.2. The number of carbonyl (C=O) groups is 3. The molecule has 0 bridgehead atoms. The summed E-state index contributed by atoms with van der Waals surface area (Å²) in [7, 11) is 0. The van der Waals surface area contributed by atoms with E-state index in [2.05, 4.69) is 15.1 Å². The lowest BCUT2D eigenvalue weighted by Gasteiger charge is -2.35. The number of pyridine rings is 1. The van der Waals surface area contributed by atoms with Crippen LogP contribution in [0, 0.1) is 5.82 Å². The van der Waals surface area contributed by atoms with Crippen molar-refractivity contribution >= 4 is 40.3 Å². The summed E-state index contributed by atoms with van der Waals surface area (Å²) in [4.78, 5) is 48.9. The molecule has 12 heteroatoms. The van der Waals surface area contributed by atoms with Gasteiger partial charge in [0.2, 0.25) is 0 Å². The van der Waals surface area contributed by atoms with Crippen molar-refractivity contribution in [3.05, 3.63) is 77.6 Å². The molecule has 11 nitrogen and oxygen atoms in total. The lowest BCUT2D eigenvalue weighted by atomic mass is 9.90. The molecular formula is C31H29FN6O5. The number of benzene rings is 1. The van der Waals surface area contributed by atoms with Gasteiger partial charge in [-0.25, -0.2) is 23.5 Å². The number of Topliss-reactive ketones (excluding diaryl/α,β-unsaturated/α-hetero) is 1. The normalized spacial score (nSPS) is 15.0. The summed E-state index contributed by atoms with van der Waals surface area (Å²) < 4.78 is 22.8.